The third kappa shape index (κ3) is 11.0. The van der Waals surface area contributed by atoms with Gasteiger partial charge in [-0.15, -0.1) is 0 Å². The van der Waals surface area contributed by atoms with E-state index in [1.807, 2.05) is 76.2 Å². The van der Waals surface area contributed by atoms with Crippen LogP contribution in [0.15, 0.2) is 60.7 Å². The molecule has 1 fully saturated rings. The third-order valence-electron chi connectivity index (χ3n) is 7.36. The maximum Gasteiger partial charge on any atom is 0.243 e. The van der Waals surface area contributed by atoms with Crippen molar-refractivity contribution >= 4 is 11.8 Å². The number of benzene rings is 2. The van der Waals surface area contributed by atoms with Crippen LogP contribution in [0, 0.1) is 11.3 Å². The van der Waals surface area contributed by atoms with Crippen LogP contribution in [-0.2, 0) is 32.2 Å². The minimum absolute atomic E-state index is 0.139. The molecule has 3 N–H and O–H groups in total. The van der Waals surface area contributed by atoms with E-state index in [-0.39, 0.29) is 23.8 Å². The largest absolute Gasteiger partial charge is 0.379 e. The molecule has 1 aliphatic heterocycles. The lowest BCUT2D eigenvalue weighted by Crippen LogP contribution is -2.57. The van der Waals surface area contributed by atoms with Crippen molar-refractivity contribution in [1.29, 1.82) is 0 Å². The zero-order valence-corrected chi connectivity index (χ0v) is 24.7. The number of nitrogens with zero attached hydrogens (tertiary/aromatic N) is 1. The summed E-state index contributed by atoms with van der Waals surface area (Å²) in [7, 11) is 0. The van der Waals surface area contributed by atoms with Crippen LogP contribution in [0.1, 0.15) is 51.7 Å². The number of nitrogens with one attached hydrogen (secondary N) is 3. The molecule has 40 heavy (non-hydrogen) atoms. The molecule has 0 aliphatic carbocycles. The molecule has 2 unspecified atom stereocenters. The smallest absolute Gasteiger partial charge is 0.243 e. The van der Waals surface area contributed by atoms with E-state index in [9.17, 15) is 9.59 Å². The Bertz CT molecular complexity index is 1010. The van der Waals surface area contributed by atoms with E-state index in [4.69, 9.17) is 9.57 Å². The van der Waals surface area contributed by atoms with E-state index in [1.54, 1.807) is 0 Å². The van der Waals surface area contributed by atoms with Gasteiger partial charge in [0.1, 0.15) is 6.04 Å². The maximum atomic E-state index is 13.7. The Hall–Kier alpha value is -2.78. The predicted molar refractivity (Wildman–Crippen MR) is 158 cm³/mol. The Morgan fingerprint density at radius 1 is 0.950 bits per heavy atom. The fraction of sp³-hybridized carbons (Fsp3) is 0.562. The summed E-state index contributed by atoms with van der Waals surface area (Å²) in [6, 6.07) is 19.3. The first kappa shape index (κ1) is 31.7. The zero-order valence-electron chi connectivity index (χ0n) is 24.7. The van der Waals surface area contributed by atoms with Crippen LogP contribution in [0.25, 0.3) is 0 Å². The van der Waals surface area contributed by atoms with E-state index in [0.717, 1.165) is 51.3 Å². The molecule has 0 bridgehead atoms. The molecule has 8 heteroatoms. The van der Waals surface area contributed by atoms with Gasteiger partial charge >= 0.3 is 0 Å². The van der Waals surface area contributed by atoms with Crippen molar-refractivity contribution in [3.05, 3.63) is 71.8 Å². The second-order valence-corrected chi connectivity index (χ2v) is 11.7. The number of ether oxygens (including phenoxy) is 1. The van der Waals surface area contributed by atoms with Crippen LogP contribution in [-0.4, -0.2) is 68.2 Å². The van der Waals surface area contributed by atoms with Crippen LogP contribution in [0.3, 0.4) is 0 Å². The van der Waals surface area contributed by atoms with Crippen LogP contribution in [0.2, 0.25) is 0 Å². The lowest BCUT2D eigenvalue weighted by molar-refractivity contribution is -0.135. The quantitative estimate of drug-likeness (QED) is 0.292. The van der Waals surface area contributed by atoms with Gasteiger partial charge in [0.15, 0.2) is 0 Å². The second-order valence-electron chi connectivity index (χ2n) is 11.7. The number of hydroxylamine groups is 1. The fourth-order valence-corrected chi connectivity index (χ4v) is 4.88. The average Bonchev–Trinajstić information content (AvgIpc) is 2.95. The van der Waals surface area contributed by atoms with Crippen LogP contribution < -0.4 is 16.1 Å². The number of amides is 2. The lowest BCUT2D eigenvalue weighted by atomic mass is 9.85. The summed E-state index contributed by atoms with van der Waals surface area (Å²) in [5.74, 6) is -0.664. The molecule has 1 aliphatic rings. The highest BCUT2D eigenvalue weighted by Crippen LogP contribution is 2.22. The molecule has 0 saturated carbocycles. The summed E-state index contributed by atoms with van der Waals surface area (Å²) in [5, 5.41) is 6.15. The second kappa shape index (κ2) is 16.5. The van der Waals surface area contributed by atoms with E-state index in [2.05, 4.69) is 33.1 Å². The van der Waals surface area contributed by atoms with Gasteiger partial charge in [0.2, 0.25) is 11.8 Å². The number of carbonyl (C=O) groups excluding carboxylic acids is 2. The van der Waals surface area contributed by atoms with Crippen LogP contribution in [0.4, 0.5) is 0 Å². The summed E-state index contributed by atoms with van der Waals surface area (Å²) in [4.78, 5) is 35.1. The Morgan fingerprint density at radius 3 is 2.20 bits per heavy atom. The van der Waals surface area contributed by atoms with E-state index >= 15 is 0 Å². The number of aryl methyl sites for hydroxylation is 1. The highest BCUT2D eigenvalue weighted by atomic mass is 16.6. The SMILES string of the molecule is C[C@H](NOCc1ccccc1)C(CCCc1ccccc1)C(=O)NC(C(=O)NCCN1CCOCC1)C(C)(C)C. The van der Waals surface area contributed by atoms with Crippen molar-refractivity contribution in [1.82, 2.24) is 21.0 Å². The number of carbonyl (C=O) groups is 2. The Balaban J connectivity index is 1.60. The first-order valence-electron chi connectivity index (χ1n) is 14.6. The molecule has 1 saturated heterocycles. The lowest BCUT2D eigenvalue weighted by Gasteiger charge is -2.33. The van der Waals surface area contributed by atoms with Crippen molar-refractivity contribution in [2.24, 2.45) is 11.3 Å². The summed E-state index contributed by atoms with van der Waals surface area (Å²) >= 11 is 0. The van der Waals surface area contributed by atoms with Gasteiger partial charge in [0.25, 0.3) is 0 Å². The first-order chi connectivity index (χ1) is 19.2. The van der Waals surface area contributed by atoms with Gasteiger partial charge in [0.05, 0.1) is 25.7 Å². The predicted octanol–water partition coefficient (Wildman–Crippen LogP) is 3.71. The minimum Gasteiger partial charge on any atom is -0.379 e. The monoisotopic (exact) mass is 552 g/mol. The maximum absolute atomic E-state index is 13.7. The molecular weight excluding hydrogens is 504 g/mol. The van der Waals surface area contributed by atoms with Gasteiger partial charge in [0, 0.05) is 32.2 Å². The molecule has 2 amide bonds. The summed E-state index contributed by atoms with van der Waals surface area (Å²) in [6.07, 6.45) is 2.39. The van der Waals surface area contributed by atoms with Crippen LogP contribution >= 0.6 is 0 Å². The van der Waals surface area contributed by atoms with E-state index < -0.39 is 11.5 Å². The summed E-state index contributed by atoms with van der Waals surface area (Å²) in [6.45, 7) is 12.8. The van der Waals surface area contributed by atoms with Gasteiger partial charge in [-0.25, -0.2) is 0 Å². The number of hydrogen-bond acceptors (Lipinski definition) is 6. The summed E-state index contributed by atoms with van der Waals surface area (Å²) in [5.41, 5.74) is 4.94. The molecule has 0 radical (unpaired) electrons. The molecule has 3 atom stereocenters. The van der Waals surface area contributed by atoms with Crippen LogP contribution in [0.5, 0.6) is 0 Å². The zero-order chi connectivity index (χ0) is 28.8. The molecule has 3 rings (SSSR count). The minimum atomic E-state index is -0.654. The van der Waals surface area contributed by atoms with Gasteiger partial charge < -0.3 is 15.4 Å². The van der Waals surface area contributed by atoms with E-state index in [0.29, 0.717) is 19.6 Å². The highest BCUT2D eigenvalue weighted by Gasteiger charge is 2.35. The Labute approximate surface area is 240 Å². The van der Waals surface area contributed by atoms with E-state index in [1.165, 1.54) is 5.56 Å². The van der Waals surface area contributed by atoms with Crippen molar-refractivity contribution in [2.45, 2.75) is 65.6 Å². The third-order valence-corrected chi connectivity index (χ3v) is 7.36. The molecule has 2 aromatic rings. The number of hydrogen-bond donors (Lipinski definition) is 3. The molecule has 0 spiro atoms. The van der Waals surface area contributed by atoms with Gasteiger partial charge in [-0.2, -0.15) is 5.48 Å². The molecule has 2 aromatic carbocycles. The van der Waals surface area contributed by atoms with Gasteiger partial charge in [-0.1, -0.05) is 81.4 Å². The van der Waals surface area contributed by atoms with Gasteiger partial charge in [-0.05, 0) is 42.7 Å². The number of rotatable bonds is 15. The molecule has 8 nitrogen and oxygen atoms in total. The highest BCUT2D eigenvalue weighted by molar-refractivity contribution is 5.89. The fourth-order valence-electron chi connectivity index (χ4n) is 4.88. The van der Waals surface area contributed by atoms with Crippen molar-refractivity contribution in [3.8, 4) is 0 Å². The summed E-state index contributed by atoms with van der Waals surface area (Å²) < 4.78 is 5.40. The Kier molecular flexibility index (Phi) is 13.1. The van der Waals surface area contributed by atoms with Crippen molar-refractivity contribution in [2.75, 3.05) is 39.4 Å². The first-order valence-corrected chi connectivity index (χ1v) is 14.6. The van der Waals surface area contributed by atoms with Crippen molar-refractivity contribution < 1.29 is 19.2 Å². The number of morpholine rings is 1. The standard InChI is InChI=1S/C32H48N4O4/c1-25(35-40-24-27-14-9-6-10-15-27)28(17-11-16-26-12-7-5-8-13-26)30(37)34-29(32(2,3)4)31(38)33-18-19-36-20-22-39-23-21-36/h5-10,12-15,25,28-29,35H,11,16-24H2,1-4H3,(H,33,38)(H,34,37)/t25-,28?,29?/m0/s1. The average molecular weight is 553 g/mol. The van der Waals surface area contributed by atoms with Crippen molar-refractivity contribution in [3.63, 3.8) is 0 Å². The molecule has 1 heterocycles. The normalized spacial score (nSPS) is 16.6. The Morgan fingerprint density at radius 2 is 1.57 bits per heavy atom. The molecule has 0 aromatic heterocycles. The topological polar surface area (TPSA) is 91.9 Å². The van der Waals surface area contributed by atoms with Gasteiger partial charge in [-0.3, -0.25) is 19.3 Å². The molecule has 220 valence electrons. The molecular formula is C32H48N4O4.